The Morgan fingerprint density at radius 2 is 1.70 bits per heavy atom. The van der Waals surface area contributed by atoms with Crippen molar-refractivity contribution in [3.8, 4) is 0 Å². The van der Waals surface area contributed by atoms with Crippen molar-refractivity contribution in [3.05, 3.63) is 82.2 Å². The lowest BCUT2D eigenvalue weighted by Crippen LogP contribution is -2.32. The lowest BCUT2D eigenvalue weighted by molar-refractivity contribution is -0.120. The molecule has 3 N–H and O–H groups in total. The molecule has 1 aliphatic heterocycles. The van der Waals surface area contributed by atoms with E-state index in [0.29, 0.717) is 10.6 Å². The molecule has 2 amide bonds. The van der Waals surface area contributed by atoms with Gasteiger partial charge in [-0.15, -0.1) is 11.3 Å². The number of hydrogen-bond acceptors (Lipinski definition) is 6. The lowest BCUT2D eigenvalue weighted by Gasteiger charge is -2.15. The third-order valence-corrected chi connectivity index (χ3v) is 6.38. The smallest absolute Gasteiger partial charge is 0.282 e. The van der Waals surface area contributed by atoms with Gasteiger partial charge in [0.1, 0.15) is 5.70 Å². The van der Waals surface area contributed by atoms with Crippen molar-refractivity contribution >= 4 is 50.1 Å². The quantitative estimate of drug-likeness (QED) is 0.594. The van der Waals surface area contributed by atoms with Crippen molar-refractivity contribution in [3.63, 3.8) is 0 Å². The minimum atomic E-state index is -3.88. The van der Waals surface area contributed by atoms with Crippen LogP contribution in [0.3, 0.4) is 0 Å². The van der Waals surface area contributed by atoms with E-state index in [2.05, 4.69) is 5.32 Å². The van der Waals surface area contributed by atoms with Crippen molar-refractivity contribution in [2.24, 2.45) is 5.14 Å². The summed E-state index contributed by atoms with van der Waals surface area (Å²) in [5.41, 5.74) is 2.39. The van der Waals surface area contributed by atoms with Crippen LogP contribution in [0, 0.1) is 6.92 Å². The summed E-state index contributed by atoms with van der Waals surface area (Å²) in [6.45, 7) is 1.93. The zero-order valence-corrected chi connectivity index (χ0v) is 17.5. The Morgan fingerprint density at radius 3 is 2.30 bits per heavy atom. The highest BCUT2D eigenvalue weighted by Gasteiger charge is 2.40. The van der Waals surface area contributed by atoms with Crippen molar-refractivity contribution in [2.45, 2.75) is 11.8 Å². The molecule has 0 atom stereocenters. The summed E-state index contributed by atoms with van der Waals surface area (Å²) in [5.74, 6) is -1.01. The Balaban J connectivity index is 1.77. The Morgan fingerprint density at radius 1 is 0.967 bits per heavy atom. The molecular formula is C21H17N3O4S2. The van der Waals surface area contributed by atoms with E-state index < -0.39 is 21.8 Å². The zero-order chi connectivity index (χ0) is 21.5. The van der Waals surface area contributed by atoms with Gasteiger partial charge in [-0.25, -0.2) is 18.5 Å². The van der Waals surface area contributed by atoms with Crippen molar-refractivity contribution < 1.29 is 18.0 Å². The van der Waals surface area contributed by atoms with Crippen molar-refractivity contribution in [1.82, 2.24) is 0 Å². The predicted molar refractivity (Wildman–Crippen MR) is 116 cm³/mol. The number of anilines is 2. The molecule has 1 aliphatic rings. The summed E-state index contributed by atoms with van der Waals surface area (Å²) in [6.07, 6.45) is 0. The summed E-state index contributed by atoms with van der Waals surface area (Å²) >= 11 is 1.35. The second-order valence-electron chi connectivity index (χ2n) is 6.71. The van der Waals surface area contributed by atoms with Gasteiger partial charge in [0.05, 0.1) is 16.2 Å². The zero-order valence-electron chi connectivity index (χ0n) is 15.8. The predicted octanol–water partition coefficient (Wildman–Crippen LogP) is 3.10. The molecule has 2 aromatic carbocycles. The van der Waals surface area contributed by atoms with E-state index in [1.165, 1.54) is 35.6 Å². The number of carbonyl (C=O) groups excluding carboxylic acids is 2. The Kier molecular flexibility index (Phi) is 5.02. The molecule has 0 saturated heterocycles. The van der Waals surface area contributed by atoms with Crippen LogP contribution in [0.25, 0.3) is 5.57 Å². The molecule has 1 aromatic heterocycles. The minimum absolute atomic E-state index is 0.102. The number of amides is 2. The average molecular weight is 440 g/mol. The van der Waals surface area contributed by atoms with Crippen LogP contribution < -0.4 is 15.4 Å². The number of nitrogens with zero attached hydrogens (tertiary/aromatic N) is 1. The van der Waals surface area contributed by atoms with Crippen LogP contribution >= 0.6 is 11.3 Å². The third kappa shape index (κ3) is 3.65. The summed E-state index contributed by atoms with van der Waals surface area (Å²) < 4.78 is 23.0. The first-order valence-electron chi connectivity index (χ1n) is 8.89. The summed E-state index contributed by atoms with van der Waals surface area (Å²) in [5, 5.41) is 10.1. The van der Waals surface area contributed by atoms with E-state index in [0.717, 1.165) is 10.5 Å². The molecule has 0 bridgehead atoms. The van der Waals surface area contributed by atoms with Crippen molar-refractivity contribution in [2.75, 3.05) is 10.2 Å². The second-order valence-corrected chi connectivity index (χ2v) is 9.22. The first kappa shape index (κ1) is 20.0. The van der Waals surface area contributed by atoms with E-state index >= 15 is 0 Å². The molecule has 0 aliphatic carbocycles. The molecule has 3 aromatic rings. The van der Waals surface area contributed by atoms with Gasteiger partial charge >= 0.3 is 0 Å². The number of rotatable bonds is 5. The number of nitrogens with one attached hydrogen (secondary N) is 1. The molecule has 0 unspecified atom stereocenters. The summed E-state index contributed by atoms with van der Waals surface area (Å²) in [6, 6.07) is 16.4. The fourth-order valence-corrected chi connectivity index (χ4v) is 4.47. The maximum absolute atomic E-state index is 13.2. The molecule has 4 rings (SSSR count). The van der Waals surface area contributed by atoms with E-state index in [1.54, 1.807) is 12.1 Å². The van der Waals surface area contributed by atoms with E-state index in [1.807, 2.05) is 36.6 Å². The normalized spacial score (nSPS) is 14.5. The number of thiophene rings is 1. The van der Waals surface area contributed by atoms with Crippen LogP contribution in [0.5, 0.6) is 0 Å². The molecule has 30 heavy (non-hydrogen) atoms. The highest BCUT2D eigenvalue weighted by Crippen LogP contribution is 2.35. The molecule has 152 valence electrons. The number of primary sulfonamides is 1. The Labute approximate surface area is 177 Å². The highest BCUT2D eigenvalue weighted by atomic mass is 32.2. The van der Waals surface area contributed by atoms with Gasteiger partial charge in [0.15, 0.2) is 0 Å². The monoisotopic (exact) mass is 439 g/mol. The molecule has 2 heterocycles. The van der Waals surface area contributed by atoms with Crippen LogP contribution in [0.15, 0.2) is 76.6 Å². The topological polar surface area (TPSA) is 110 Å². The Hall–Kier alpha value is -3.27. The standard InChI is InChI=1S/C21H17N3O4S2/c1-13-4-2-5-14(12-13)23-19-18(17-6-3-11-29-17)20(25)24(21(19)26)15-7-9-16(10-8-15)30(22,27)28/h2-12,23H,1H3,(H2,22,27,28). The molecular weight excluding hydrogens is 422 g/mol. The number of nitrogens with two attached hydrogens (primary N) is 1. The van der Waals surface area contributed by atoms with Crippen LogP contribution in [0.2, 0.25) is 0 Å². The fraction of sp³-hybridized carbons (Fsp3) is 0.0476. The van der Waals surface area contributed by atoms with Gasteiger partial charge in [0, 0.05) is 10.6 Å². The first-order chi connectivity index (χ1) is 14.3. The average Bonchev–Trinajstić information content (AvgIpc) is 3.28. The molecule has 0 saturated carbocycles. The summed E-state index contributed by atoms with van der Waals surface area (Å²) in [4.78, 5) is 28.1. The van der Waals surface area contributed by atoms with E-state index in [-0.39, 0.29) is 21.9 Å². The number of hydrogen-bond donors (Lipinski definition) is 2. The van der Waals surface area contributed by atoms with Gasteiger partial charge in [0.2, 0.25) is 10.0 Å². The number of carbonyl (C=O) groups is 2. The third-order valence-electron chi connectivity index (χ3n) is 4.56. The number of imide groups is 1. The lowest BCUT2D eigenvalue weighted by atomic mass is 10.1. The molecule has 9 heteroatoms. The van der Waals surface area contributed by atoms with E-state index in [4.69, 9.17) is 5.14 Å². The fourth-order valence-electron chi connectivity index (χ4n) is 3.18. The van der Waals surface area contributed by atoms with Crippen molar-refractivity contribution in [1.29, 1.82) is 0 Å². The largest absolute Gasteiger partial charge is 0.350 e. The molecule has 0 fully saturated rings. The van der Waals surface area contributed by atoms with Crippen LogP contribution in [0.4, 0.5) is 11.4 Å². The van der Waals surface area contributed by atoms with Gasteiger partial charge < -0.3 is 5.32 Å². The maximum atomic E-state index is 13.2. The molecule has 0 spiro atoms. The molecule has 7 nitrogen and oxygen atoms in total. The molecule has 0 radical (unpaired) electrons. The first-order valence-corrected chi connectivity index (χ1v) is 11.3. The van der Waals surface area contributed by atoms with E-state index in [9.17, 15) is 18.0 Å². The minimum Gasteiger partial charge on any atom is -0.350 e. The SMILES string of the molecule is Cc1cccc(NC2=C(c3cccs3)C(=O)N(c3ccc(S(N)(=O)=O)cc3)C2=O)c1. The van der Waals surface area contributed by atoms with Gasteiger partial charge in [0.25, 0.3) is 11.8 Å². The van der Waals surface area contributed by atoms with Gasteiger partial charge in [-0.3, -0.25) is 9.59 Å². The Bertz CT molecular complexity index is 1280. The van der Waals surface area contributed by atoms with Crippen LogP contribution in [0.1, 0.15) is 10.4 Å². The summed E-state index contributed by atoms with van der Waals surface area (Å²) in [7, 11) is -3.88. The number of sulfonamides is 1. The number of aryl methyl sites for hydroxylation is 1. The number of benzene rings is 2. The second kappa shape index (κ2) is 7.52. The van der Waals surface area contributed by atoms with Gasteiger partial charge in [-0.1, -0.05) is 18.2 Å². The maximum Gasteiger partial charge on any atom is 0.282 e. The van der Waals surface area contributed by atoms with Gasteiger partial charge in [-0.05, 0) is 60.3 Å². The van der Waals surface area contributed by atoms with Crippen LogP contribution in [-0.2, 0) is 19.6 Å². The highest BCUT2D eigenvalue weighted by molar-refractivity contribution is 7.89. The van der Waals surface area contributed by atoms with Crippen LogP contribution in [-0.4, -0.2) is 20.2 Å². The van der Waals surface area contributed by atoms with Gasteiger partial charge in [-0.2, -0.15) is 0 Å².